The number of nitrogens with zero attached hydrogens (tertiary/aromatic N) is 4. The summed E-state index contributed by atoms with van der Waals surface area (Å²) in [5, 5.41) is 5.96. The molecule has 3 aromatic heterocycles. The van der Waals surface area contributed by atoms with Crippen molar-refractivity contribution in [3.8, 4) is 11.3 Å². The average Bonchev–Trinajstić information content (AvgIpc) is 3.48. The molecular formula is C25H24F3N5S. The Hall–Kier alpha value is -3.17. The maximum Gasteiger partial charge on any atom is 0.416 e. The van der Waals surface area contributed by atoms with Crippen molar-refractivity contribution in [3.05, 3.63) is 70.9 Å². The van der Waals surface area contributed by atoms with E-state index in [1.54, 1.807) is 0 Å². The zero-order chi connectivity index (χ0) is 23.9. The Labute approximate surface area is 199 Å². The van der Waals surface area contributed by atoms with E-state index in [1.807, 2.05) is 23.4 Å². The number of aryl methyl sites for hydroxylation is 1. The third-order valence-electron chi connectivity index (χ3n) is 6.04. The van der Waals surface area contributed by atoms with Crippen LogP contribution in [0.3, 0.4) is 0 Å². The van der Waals surface area contributed by atoms with Crippen molar-refractivity contribution in [2.24, 2.45) is 0 Å². The van der Waals surface area contributed by atoms with Gasteiger partial charge in [0.25, 0.3) is 0 Å². The van der Waals surface area contributed by atoms with Crippen LogP contribution in [0.2, 0.25) is 0 Å². The number of halogens is 3. The van der Waals surface area contributed by atoms with Crippen LogP contribution in [0.15, 0.2) is 54.1 Å². The summed E-state index contributed by atoms with van der Waals surface area (Å²) >= 11 is 1.45. The van der Waals surface area contributed by atoms with Gasteiger partial charge in [0.05, 0.1) is 17.0 Å². The lowest BCUT2D eigenvalue weighted by atomic mass is 10.0. The number of aromatic nitrogens is 3. The molecule has 4 aromatic rings. The van der Waals surface area contributed by atoms with Crippen molar-refractivity contribution in [2.75, 3.05) is 25.0 Å². The van der Waals surface area contributed by atoms with Crippen molar-refractivity contribution >= 4 is 33.5 Å². The van der Waals surface area contributed by atoms with Gasteiger partial charge in [-0.25, -0.2) is 9.97 Å². The molecule has 1 aromatic carbocycles. The second-order valence-electron chi connectivity index (χ2n) is 8.21. The first-order chi connectivity index (χ1) is 16.3. The number of anilines is 2. The van der Waals surface area contributed by atoms with E-state index < -0.39 is 11.7 Å². The monoisotopic (exact) mass is 483 g/mol. The number of hydrogen-bond acceptors (Lipinski definition) is 5. The first-order valence-corrected chi connectivity index (χ1v) is 12.0. The number of benzene rings is 1. The Balaban J connectivity index is 1.50. The Morgan fingerprint density at radius 2 is 1.85 bits per heavy atom. The standard InChI is InChI=1S/C25H24F3N5S/c1-3-20-23(33-14-18(6-9-22(33)30-20)16-10-12-29-13-11-16)32(2)24-31-21(15-34-24)17-4-7-19(8-5-17)25(26,27)28/h4-10,14-15,29H,3,11-13H2,1-2H3. The summed E-state index contributed by atoms with van der Waals surface area (Å²) < 4.78 is 40.8. The van der Waals surface area contributed by atoms with Crippen molar-refractivity contribution in [1.29, 1.82) is 0 Å². The molecule has 0 fully saturated rings. The number of thiazole rings is 1. The van der Waals surface area contributed by atoms with E-state index in [0.29, 0.717) is 11.3 Å². The first-order valence-electron chi connectivity index (χ1n) is 11.1. The molecule has 1 N–H and O–H groups in total. The molecule has 1 aliphatic heterocycles. The van der Waals surface area contributed by atoms with Gasteiger partial charge in [0.2, 0.25) is 0 Å². The molecule has 0 atom stereocenters. The number of pyridine rings is 1. The molecule has 176 valence electrons. The van der Waals surface area contributed by atoms with Crippen LogP contribution in [-0.2, 0) is 12.6 Å². The second kappa shape index (κ2) is 8.88. The fraction of sp³-hybridized carbons (Fsp3) is 0.280. The van der Waals surface area contributed by atoms with Crippen LogP contribution < -0.4 is 10.2 Å². The Morgan fingerprint density at radius 1 is 1.09 bits per heavy atom. The number of nitrogens with one attached hydrogen (secondary N) is 1. The van der Waals surface area contributed by atoms with Gasteiger partial charge in [-0.15, -0.1) is 11.3 Å². The first kappa shape index (κ1) is 22.6. The van der Waals surface area contributed by atoms with Crippen LogP contribution in [0.25, 0.3) is 22.5 Å². The van der Waals surface area contributed by atoms with Gasteiger partial charge in [-0.05, 0) is 54.8 Å². The zero-order valence-corrected chi connectivity index (χ0v) is 19.7. The Morgan fingerprint density at radius 3 is 2.53 bits per heavy atom. The minimum atomic E-state index is -4.35. The van der Waals surface area contributed by atoms with Crippen LogP contribution in [0.1, 0.15) is 30.2 Å². The largest absolute Gasteiger partial charge is 0.416 e. The van der Waals surface area contributed by atoms with Gasteiger partial charge in [0.1, 0.15) is 11.5 Å². The molecule has 0 unspecified atom stereocenters. The number of imidazole rings is 1. The lowest BCUT2D eigenvalue weighted by Crippen LogP contribution is -2.20. The van der Waals surface area contributed by atoms with E-state index in [1.165, 1.54) is 34.6 Å². The molecule has 5 rings (SSSR count). The maximum atomic E-state index is 12.9. The van der Waals surface area contributed by atoms with Crippen LogP contribution in [0.4, 0.5) is 24.1 Å². The highest BCUT2D eigenvalue weighted by atomic mass is 32.1. The van der Waals surface area contributed by atoms with Gasteiger partial charge < -0.3 is 10.2 Å². The lowest BCUT2D eigenvalue weighted by molar-refractivity contribution is -0.137. The van der Waals surface area contributed by atoms with E-state index >= 15 is 0 Å². The molecule has 0 saturated carbocycles. The third kappa shape index (κ3) is 4.21. The molecule has 9 heteroatoms. The second-order valence-corrected chi connectivity index (χ2v) is 9.05. The molecule has 0 bridgehead atoms. The topological polar surface area (TPSA) is 45.5 Å². The molecule has 0 aliphatic carbocycles. The molecule has 0 spiro atoms. The number of fused-ring (bicyclic) bond motifs is 1. The SMILES string of the molecule is CCc1nc2ccc(C3=CCNCC3)cn2c1N(C)c1nc(-c2ccc(C(F)(F)F)cc2)cs1. The Kier molecular flexibility index (Phi) is 5.91. The minimum absolute atomic E-state index is 0.646. The van der Waals surface area contributed by atoms with Crippen LogP contribution in [0.5, 0.6) is 0 Å². The summed E-state index contributed by atoms with van der Waals surface area (Å²) in [6, 6.07) is 9.28. The summed E-state index contributed by atoms with van der Waals surface area (Å²) in [5.74, 6) is 0.946. The van der Waals surface area contributed by atoms with Gasteiger partial charge in [0.15, 0.2) is 5.13 Å². The molecule has 1 aliphatic rings. The molecular weight excluding hydrogens is 459 g/mol. The highest BCUT2D eigenvalue weighted by molar-refractivity contribution is 7.14. The van der Waals surface area contributed by atoms with Crippen molar-refractivity contribution in [1.82, 2.24) is 19.7 Å². The van der Waals surface area contributed by atoms with Crippen molar-refractivity contribution < 1.29 is 13.2 Å². The number of hydrogen-bond donors (Lipinski definition) is 1. The predicted molar refractivity (Wildman–Crippen MR) is 131 cm³/mol. The van der Waals surface area contributed by atoms with Crippen molar-refractivity contribution in [2.45, 2.75) is 25.9 Å². The predicted octanol–water partition coefficient (Wildman–Crippen LogP) is 6.18. The van der Waals surface area contributed by atoms with Crippen molar-refractivity contribution in [3.63, 3.8) is 0 Å². The summed E-state index contributed by atoms with van der Waals surface area (Å²) in [7, 11) is 1.95. The maximum absolute atomic E-state index is 12.9. The van der Waals surface area contributed by atoms with Crippen LogP contribution in [0, 0.1) is 0 Å². The fourth-order valence-electron chi connectivity index (χ4n) is 4.22. The molecule has 4 heterocycles. The number of alkyl halides is 3. The molecule has 5 nitrogen and oxygen atoms in total. The molecule has 34 heavy (non-hydrogen) atoms. The summed E-state index contributed by atoms with van der Waals surface area (Å²) in [5.41, 5.74) is 4.96. The van der Waals surface area contributed by atoms with E-state index in [-0.39, 0.29) is 0 Å². The Bertz CT molecular complexity index is 1350. The van der Waals surface area contributed by atoms with E-state index in [2.05, 4.69) is 35.0 Å². The summed E-state index contributed by atoms with van der Waals surface area (Å²) in [4.78, 5) is 11.6. The number of rotatable bonds is 5. The van der Waals surface area contributed by atoms with Gasteiger partial charge in [-0.3, -0.25) is 4.40 Å². The molecule has 0 saturated heterocycles. The highest BCUT2D eigenvalue weighted by Crippen LogP contribution is 2.35. The van der Waals surface area contributed by atoms with Gasteiger partial charge in [-0.2, -0.15) is 13.2 Å². The summed E-state index contributed by atoms with van der Waals surface area (Å²) in [6.45, 7) is 3.91. The van der Waals surface area contributed by atoms with E-state index in [0.717, 1.165) is 60.4 Å². The van der Waals surface area contributed by atoms with E-state index in [9.17, 15) is 13.2 Å². The zero-order valence-electron chi connectivity index (χ0n) is 18.9. The lowest BCUT2D eigenvalue weighted by Gasteiger charge is -2.18. The molecule has 0 radical (unpaired) electrons. The highest BCUT2D eigenvalue weighted by Gasteiger charge is 2.30. The van der Waals surface area contributed by atoms with Crippen LogP contribution in [-0.4, -0.2) is 34.5 Å². The van der Waals surface area contributed by atoms with Gasteiger partial charge in [-0.1, -0.05) is 25.1 Å². The molecule has 0 amide bonds. The van der Waals surface area contributed by atoms with E-state index in [4.69, 9.17) is 9.97 Å². The summed E-state index contributed by atoms with van der Waals surface area (Å²) in [6.07, 6.45) is 1.75. The third-order valence-corrected chi connectivity index (χ3v) is 6.95. The average molecular weight is 484 g/mol. The van der Waals surface area contributed by atoms with Gasteiger partial charge >= 0.3 is 6.18 Å². The minimum Gasteiger partial charge on any atom is -0.313 e. The smallest absolute Gasteiger partial charge is 0.313 e. The van der Waals surface area contributed by atoms with Crippen LogP contribution >= 0.6 is 11.3 Å². The fourth-order valence-corrected chi connectivity index (χ4v) is 5.02. The van der Waals surface area contributed by atoms with Gasteiger partial charge in [0, 0.05) is 30.7 Å². The normalized spacial score (nSPS) is 14.4. The quantitative estimate of drug-likeness (QED) is 0.368.